The fourth-order valence-corrected chi connectivity index (χ4v) is 4.20. The minimum atomic E-state index is -0.104. The van der Waals surface area contributed by atoms with Gasteiger partial charge < -0.3 is 5.32 Å². The van der Waals surface area contributed by atoms with Crippen LogP contribution in [0.25, 0.3) is 10.2 Å². The molecular weight excluding hydrogens is 390 g/mol. The number of rotatable bonds is 7. The third kappa shape index (κ3) is 4.47. The SMILES string of the molecule is CCCn1c(SCC(=O)NCc2ccc(Cl)cc2)nc2ccsc2c1=O. The lowest BCUT2D eigenvalue weighted by Crippen LogP contribution is -2.26. The Morgan fingerprint density at radius 1 is 1.31 bits per heavy atom. The summed E-state index contributed by atoms with van der Waals surface area (Å²) in [6.45, 7) is 3.04. The third-order valence-electron chi connectivity index (χ3n) is 3.71. The number of aromatic nitrogens is 2. The maximum atomic E-state index is 12.6. The minimum Gasteiger partial charge on any atom is -0.351 e. The molecule has 0 fully saturated rings. The number of nitrogens with zero attached hydrogens (tertiary/aromatic N) is 2. The number of benzene rings is 1. The fourth-order valence-electron chi connectivity index (χ4n) is 2.44. The van der Waals surface area contributed by atoms with E-state index >= 15 is 0 Å². The second kappa shape index (κ2) is 8.70. The van der Waals surface area contributed by atoms with Crippen molar-refractivity contribution in [2.45, 2.75) is 31.6 Å². The number of hydrogen-bond donors (Lipinski definition) is 1. The van der Waals surface area contributed by atoms with Gasteiger partial charge in [-0.15, -0.1) is 11.3 Å². The molecule has 1 N–H and O–H groups in total. The summed E-state index contributed by atoms with van der Waals surface area (Å²) in [5.74, 6) is 0.104. The molecule has 0 atom stereocenters. The van der Waals surface area contributed by atoms with Gasteiger partial charge in [-0.2, -0.15) is 0 Å². The van der Waals surface area contributed by atoms with Crippen molar-refractivity contribution in [3.63, 3.8) is 0 Å². The van der Waals surface area contributed by atoms with Crippen molar-refractivity contribution < 1.29 is 4.79 Å². The number of halogens is 1. The molecule has 0 aliphatic carbocycles. The van der Waals surface area contributed by atoms with Crippen molar-refractivity contribution in [3.8, 4) is 0 Å². The molecule has 0 aliphatic heterocycles. The molecule has 3 aromatic rings. The second-order valence-electron chi connectivity index (χ2n) is 5.68. The molecule has 3 rings (SSSR count). The molecule has 26 heavy (non-hydrogen) atoms. The maximum Gasteiger partial charge on any atom is 0.272 e. The second-order valence-corrected chi connectivity index (χ2v) is 7.97. The molecule has 0 saturated carbocycles. The highest BCUT2D eigenvalue weighted by atomic mass is 35.5. The molecule has 0 aliphatic rings. The molecule has 0 bridgehead atoms. The molecule has 0 radical (unpaired) electrons. The lowest BCUT2D eigenvalue weighted by molar-refractivity contribution is -0.118. The van der Waals surface area contributed by atoms with E-state index in [4.69, 9.17) is 11.6 Å². The van der Waals surface area contributed by atoms with Crippen LogP contribution < -0.4 is 10.9 Å². The van der Waals surface area contributed by atoms with Gasteiger partial charge in [-0.05, 0) is 35.6 Å². The number of carbonyl (C=O) groups is 1. The number of carbonyl (C=O) groups excluding carboxylic acids is 1. The smallest absolute Gasteiger partial charge is 0.272 e. The Hall–Kier alpha value is -1.83. The highest BCUT2D eigenvalue weighted by Gasteiger charge is 2.13. The topological polar surface area (TPSA) is 64.0 Å². The number of amides is 1. The average Bonchev–Trinajstić information content (AvgIpc) is 3.11. The summed E-state index contributed by atoms with van der Waals surface area (Å²) >= 11 is 8.54. The molecule has 136 valence electrons. The van der Waals surface area contributed by atoms with Crippen LogP contribution in [0.1, 0.15) is 18.9 Å². The average molecular weight is 408 g/mol. The zero-order chi connectivity index (χ0) is 18.5. The highest BCUT2D eigenvalue weighted by molar-refractivity contribution is 7.99. The van der Waals surface area contributed by atoms with Crippen LogP contribution in [-0.4, -0.2) is 21.2 Å². The van der Waals surface area contributed by atoms with Gasteiger partial charge in [0.2, 0.25) is 5.91 Å². The number of thiophene rings is 1. The van der Waals surface area contributed by atoms with Crippen molar-refractivity contribution in [3.05, 3.63) is 56.7 Å². The summed E-state index contributed by atoms with van der Waals surface area (Å²) in [6, 6.07) is 9.17. The van der Waals surface area contributed by atoms with Crippen LogP contribution in [0.5, 0.6) is 0 Å². The van der Waals surface area contributed by atoms with Gasteiger partial charge in [-0.1, -0.05) is 42.4 Å². The van der Waals surface area contributed by atoms with E-state index in [2.05, 4.69) is 10.3 Å². The van der Waals surface area contributed by atoms with Gasteiger partial charge in [0.1, 0.15) is 4.70 Å². The van der Waals surface area contributed by atoms with E-state index in [1.807, 2.05) is 30.5 Å². The summed E-state index contributed by atoms with van der Waals surface area (Å²) < 4.78 is 2.32. The van der Waals surface area contributed by atoms with E-state index in [-0.39, 0.29) is 17.2 Å². The van der Waals surface area contributed by atoms with Crippen LogP contribution in [0, 0.1) is 0 Å². The van der Waals surface area contributed by atoms with Gasteiger partial charge in [0, 0.05) is 18.1 Å². The maximum absolute atomic E-state index is 12.6. The zero-order valence-electron chi connectivity index (χ0n) is 14.2. The van der Waals surface area contributed by atoms with Gasteiger partial charge >= 0.3 is 0 Å². The Bertz CT molecular complexity index is 967. The van der Waals surface area contributed by atoms with Crippen LogP contribution in [0.3, 0.4) is 0 Å². The third-order valence-corrected chi connectivity index (χ3v) is 5.83. The number of nitrogens with one attached hydrogen (secondary N) is 1. The molecule has 0 spiro atoms. The van der Waals surface area contributed by atoms with E-state index in [1.54, 1.807) is 16.7 Å². The summed E-state index contributed by atoms with van der Waals surface area (Å²) in [5.41, 5.74) is 1.64. The molecule has 1 aromatic carbocycles. The molecule has 5 nitrogen and oxygen atoms in total. The van der Waals surface area contributed by atoms with Gasteiger partial charge in [-0.3, -0.25) is 14.2 Å². The lowest BCUT2D eigenvalue weighted by atomic mass is 10.2. The summed E-state index contributed by atoms with van der Waals surface area (Å²) in [5, 5.41) is 5.99. The normalized spacial score (nSPS) is 11.0. The predicted octanol–water partition coefficient (Wildman–Crippen LogP) is 3.93. The summed E-state index contributed by atoms with van der Waals surface area (Å²) in [7, 11) is 0. The van der Waals surface area contributed by atoms with Crippen molar-refractivity contribution in [2.75, 3.05) is 5.75 Å². The van der Waals surface area contributed by atoms with Crippen LogP contribution in [0.2, 0.25) is 5.02 Å². The molecule has 2 aromatic heterocycles. The fraction of sp³-hybridized carbons (Fsp3) is 0.278. The van der Waals surface area contributed by atoms with E-state index < -0.39 is 0 Å². The van der Waals surface area contributed by atoms with Gasteiger partial charge in [0.15, 0.2) is 5.16 Å². The van der Waals surface area contributed by atoms with Gasteiger partial charge in [-0.25, -0.2) is 4.98 Å². The Morgan fingerprint density at radius 3 is 2.81 bits per heavy atom. The van der Waals surface area contributed by atoms with Crippen LogP contribution >= 0.6 is 34.7 Å². The van der Waals surface area contributed by atoms with E-state index in [9.17, 15) is 9.59 Å². The molecule has 1 amide bonds. The largest absolute Gasteiger partial charge is 0.351 e. The van der Waals surface area contributed by atoms with Crippen LogP contribution in [0.15, 0.2) is 45.7 Å². The summed E-state index contributed by atoms with van der Waals surface area (Å²) in [6.07, 6.45) is 0.828. The Labute approximate surface area is 164 Å². The molecule has 2 heterocycles. The Morgan fingerprint density at radius 2 is 2.08 bits per heavy atom. The first-order valence-corrected chi connectivity index (χ1v) is 10.4. The zero-order valence-corrected chi connectivity index (χ0v) is 16.6. The molecule has 0 saturated heterocycles. The Kier molecular flexibility index (Phi) is 6.34. The minimum absolute atomic E-state index is 0.0316. The molecule has 8 heteroatoms. The quantitative estimate of drug-likeness (QED) is 0.476. The van der Waals surface area contributed by atoms with E-state index in [0.717, 1.165) is 12.0 Å². The Balaban J connectivity index is 1.66. The van der Waals surface area contributed by atoms with Crippen molar-refractivity contribution in [1.82, 2.24) is 14.9 Å². The van der Waals surface area contributed by atoms with Crippen LogP contribution in [0.4, 0.5) is 0 Å². The monoisotopic (exact) mass is 407 g/mol. The highest BCUT2D eigenvalue weighted by Crippen LogP contribution is 2.21. The molecule has 0 unspecified atom stereocenters. The standard InChI is InChI=1S/C18H18ClN3O2S2/c1-2-8-22-17(24)16-14(7-9-25-16)21-18(22)26-11-15(23)20-10-12-3-5-13(19)6-4-12/h3-7,9H,2,8,10-11H2,1H3,(H,20,23). The van der Waals surface area contributed by atoms with Crippen molar-refractivity contribution in [1.29, 1.82) is 0 Å². The first-order chi connectivity index (χ1) is 12.6. The van der Waals surface area contributed by atoms with Gasteiger partial charge in [0.05, 0.1) is 11.3 Å². The number of thioether (sulfide) groups is 1. The number of fused-ring (bicyclic) bond motifs is 1. The van der Waals surface area contributed by atoms with Crippen molar-refractivity contribution >= 4 is 50.8 Å². The van der Waals surface area contributed by atoms with E-state index in [0.29, 0.717) is 33.5 Å². The number of hydrogen-bond acceptors (Lipinski definition) is 5. The lowest BCUT2D eigenvalue weighted by Gasteiger charge is -2.11. The summed E-state index contributed by atoms with van der Waals surface area (Å²) in [4.78, 5) is 29.3. The van der Waals surface area contributed by atoms with Gasteiger partial charge in [0.25, 0.3) is 5.56 Å². The molecular formula is C18H18ClN3O2S2. The predicted molar refractivity (Wildman–Crippen MR) is 108 cm³/mol. The first-order valence-electron chi connectivity index (χ1n) is 8.20. The van der Waals surface area contributed by atoms with Crippen molar-refractivity contribution in [2.24, 2.45) is 0 Å². The van der Waals surface area contributed by atoms with Crippen LogP contribution in [-0.2, 0) is 17.9 Å². The first kappa shape index (κ1) is 18.9. The van der Waals surface area contributed by atoms with E-state index in [1.165, 1.54) is 23.1 Å².